The Hall–Kier alpha value is -10.8. The molecule has 17 aromatic rings. The lowest BCUT2D eigenvalue weighted by Gasteiger charge is -2.26. The van der Waals surface area contributed by atoms with E-state index in [2.05, 4.69) is 307 Å². The molecule has 6 nitrogen and oxygen atoms in total. The Balaban J connectivity index is 0.777. The molecule has 0 aliphatic heterocycles. The van der Waals surface area contributed by atoms with Crippen molar-refractivity contribution in [1.82, 2.24) is 9.13 Å². The fraction of sp³-hybridized carbons (Fsp3) is 0.0633. The van der Waals surface area contributed by atoms with E-state index in [1.165, 1.54) is 43.7 Å². The Kier molecular flexibility index (Phi) is 11.0. The zero-order valence-electron chi connectivity index (χ0n) is 47.3. The molecule has 0 N–H and O–H groups in total. The number of benzene rings is 13. The van der Waals surface area contributed by atoms with Crippen LogP contribution in [0.15, 0.2) is 276 Å². The minimum Gasteiger partial charge on any atom is -0.452 e. The monoisotopic (exact) mass is 1090 g/mol. The highest BCUT2D eigenvalue weighted by Gasteiger charge is 2.23. The highest BCUT2D eigenvalue weighted by molar-refractivity contribution is 6.22. The van der Waals surface area contributed by atoms with Crippen molar-refractivity contribution in [3.05, 3.63) is 278 Å². The molecule has 0 bridgehead atoms. The number of rotatable bonds is 10. The summed E-state index contributed by atoms with van der Waals surface area (Å²) in [5.41, 5.74) is 19.1. The minimum absolute atomic E-state index is 0.419. The summed E-state index contributed by atoms with van der Waals surface area (Å²) in [6.07, 6.45) is 0.973. The molecule has 0 fully saturated rings. The molecule has 0 unspecified atom stereocenters. The lowest BCUT2D eigenvalue weighted by atomic mass is 10.0. The average molecular weight is 1090 g/mol. The zero-order chi connectivity index (χ0) is 56.4. The normalized spacial score (nSPS) is 12.1. The molecule has 0 radical (unpaired) electrons. The zero-order valence-corrected chi connectivity index (χ0v) is 47.3. The first-order valence-electron chi connectivity index (χ1n) is 29.5. The van der Waals surface area contributed by atoms with Crippen molar-refractivity contribution in [2.24, 2.45) is 0 Å². The number of aromatic nitrogens is 2. The van der Waals surface area contributed by atoms with Crippen LogP contribution in [0.3, 0.4) is 0 Å². The Morgan fingerprint density at radius 3 is 1.16 bits per heavy atom. The van der Waals surface area contributed by atoms with E-state index < -0.39 is 0 Å². The molecule has 0 saturated carbocycles. The van der Waals surface area contributed by atoms with E-state index in [0.717, 1.165) is 128 Å². The van der Waals surface area contributed by atoms with Gasteiger partial charge in [0.15, 0.2) is 11.2 Å². The first-order chi connectivity index (χ1) is 41.9. The second-order valence-electron chi connectivity index (χ2n) is 23.0. The number of fused-ring (bicyclic) bond motifs is 15. The van der Waals surface area contributed by atoms with E-state index in [-0.39, 0.29) is 0 Å². The third kappa shape index (κ3) is 7.79. The Bertz CT molecular complexity index is 5490. The van der Waals surface area contributed by atoms with Gasteiger partial charge in [0.2, 0.25) is 0 Å². The predicted molar refractivity (Wildman–Crippen MR) is 358 cm³/mol. The van der Waals surface area contributed by atoms with E-state index >= 15 is 0 Å². The molecule has 17 rings (SSSR count). The first-order valence-corrected chi connectivity index (χ1v) is 29.5. The average Bonchev–Trinajstić information content (AvgIpc) is 2.39. The Labute approximate surface area is 490 Å². The van der Waals surface area contributed by atoms with Crippen LogP contribution in [-0.4, -0.2) is 9.13 Å². The van der Waals surface area contributed by atoms with Gasteiger partial charge in [0.1, 0.15) is 11.2 Å². The topological polar surface area (TPSA) is 42.6 Å². The summed E-state index contributed by atoms with van der Waals surface area (Å²) in [5, 5.41) is 13.5. The van der Waals surface area contributed by atoms with Gasteiger partial charge in [-0.3, -0.25) is 0 Å². The fourth-order valence-electron chi connectivity index (χ4n) is 13.5. The lowest BCUT2D eigenvalue weighted by molar-refractivity contribution is 0.634. The molecule has 85 heavy (non-hydrogen) atoms. The molecule has 404 valence electrons. The molecular weight excluding hydrogens is 1040 g/mol. The van der Waals surface area contributed by atoms with Crippen LogP contribution in [0.5, 0.6) is 0 Å². The van der Waals surface area contributed by atoms with Gasteiger partial charge >= 0.3 is 0 Å². The second kappa shape index (κ2) is 19.1. The van der Waals surface area contributed by atoms with Crippen LogP contribution >= 0.6 is 0 Å². The van der Waals surface area contributed by atoms with Gasteiger partial charge in [-0.15, -0.1) is 0 Å². The molecule has 4 aromatic heterocycles. The van der Waals surface area contributed by atoms with Gasteiger partial charge in [0.05, 0.1) is 22.1 Å². The van der Waals surface area contributed by atoms with Gasteiger partial charge in [0, 0.05) is 88.6 Å². The summed E-state index contributed by atoms with van der Waals surface area (Å²) < 4.78 is 18.7. The summed E-state index contributed by atoms with van der Waals surface area (Å²) in [6, 6.07) is 97.6. The summed E-state index contributed by atoms with van der Waals surface area (Å²) in [4.78, 5) is 4.77. The molecule has 4 heterocycles. The van der Waals surface area contributed by atoms with Crippen LogP contribution < -0.4 is 9.80 Å². The van der Waals surface area contributed by atoms with Crippen LogP contribution in [0.2, 0.25) is 0 Å². The fourth-order valence-corrected chi connectivity index (χ4v) is 13.5. The smallest absolute Gasteiger partial charge is 0.178 e. The molecule has 0 amide bonds. The van der Waals surface area contributed by atoms with Crippen molar-refractivity contribution in [1.29, 1.82) is 0 Å². The van der Waals surface area contributed by atoms with Crippen LogP contribution in [0, 0.1) is 0 Å². The van der Waals surface area contributed by atoms with Crippen molar-refractivity contribution in [3.8, 4) is 11.4 Å². The van der Waals surface area contributed by atoms with Crippen molar-refractivity contribution < 1.29 is 8.83 Å². The SMILES string of the molecule is CCc1ccc(N(c2ccc3cc4c(cc3c2)oc2c4ccc3c4cc5ccc(N(c6ccc(C(C)C)cc6)c6ccc7c8ccccc8n(-c8ccccc8)c7c6)cc5cc4oc32)c2ccc3c4ccccc4n(-c4ccccc4)c3c2)cc1. The number of furan rings is 2. The number of aryl methyl sites for hydroxylation is 1. The van der Waals surface area contributed by atoms with Gasteiger partial charge in [-0.05, 0) is 191 Å². The van der Waals surface area contributed by atoms with Crippen LogP contribution in [0.4, 0.5) is 34.1 Å². The maximum Gasteiger partial charge on any atom is 0.178 e. The molecule has 13 aromatic carbocycles. The highest BCUT2D eigenvalue weighted by Crippen LogP contribution is 2.46. The summed E-state index contributed by atoms with van der Waals surface area (Å²) in [5.74, 6) is 0.419. The van der Waals surface area contributed by atoms with Crippen LogP contribution in [0.1, 0.15) is 37.8 Å². The molecular formula is C79H56N4O2. The largest absolute Gasteiger partial charge is 0.452 e. The highest BCUT2D eigenvalue weighted by atomic mass is 16.4. The van der Waals surface area contributed by atoms with E-state index in [0.29, 0.717) is 5.92 Å². The van der Waals surface area contributed by atoms with E-state index in [1.807, 2.05) is 0 Å². The first kappa shape index (κ1) is 48.8. The number of para-hydroxylation sites is 4. The van der Waals surface area contributed by atoms with Crippen molar-refractivity contribution in [2.75, 3.05) is 9.80 Å². The third-order valence-corrected chi connectivity index (χ3v) is 17.8. The summed E-state index contributed by atoms with van der Waals surface area (Å²) >= 11 is 0. The number of nitrogens with zero attached hydrogens (tertiary/aromatic N) is 4. The van der Waals surface area contributed by atoms with Crippen molar-refractivity contribution in [2.45, 2.75) is 33.1 Å². The van der Waals surface area contributed by atoms with Crippen molar-refractivity contribution >= 4 is 143 Å². The molecule has 0 spiro atoms. The van der Waals surface area contributed by atoms with Gasteiger partial charge < -0.3 is 27.8 Å². The number of anilines is 6. The maximum absolute atomic E-state index is 6.97. The molecule has 0 saturated heterocycles. The van der Waals surface area contributed by atoms with Gasteiger partial charge in [-0.1, -0.05) is 142 Å². The summed E-state index contributed by atoms with van der Waals surface area (Å²) in [6.45, 7) is 6.70. The standard InChI is InChI=1S/C79H56N4O2/c1-4-50-23-29-58(30-24-50)80(62-35-37-66-64-19-11-13-21-72(64)82(74(66)47-62)56-15-7-5-8-16-56)60-33-27-52-43-70-68-39-40-69-71-44-53-28-34-61(42-55(53)46-77(71)85-79(69)78(68)84-76(70)45-54(52)41-60)81(59-31-25-51(26-32-59)49(2)3)63-36-38-67-65-20-12-14-22-73(65)83(75(67)48-63)57-17-9-6-10-18-57/h5-49H,4H2,1-3H3. The lowest BCUT2D eigenvalue weighted by Crippen LogP contribution is -2.10. The van der Waals surface area contributed by atoms with E-state index in [9.17, 15) is 0 Å². The van der Waals surface area contributed by atoms with Crippen LogP contribution in [-0.2, 0) is 6.42 Å². The maximum atomic E-state index is 6.97. The molecule has 0 aliphatic carbocycles. The summed E-state index contributed by atoms with van der Waals surface area (Å²) in [7, 11) is 0. The predicted octanol–water partition coefficient (Wildman–Crippen LogP) is 22.6. The quantitative estimate of drug-likeness (QED) is 0.137. The molecule has 0 aliphatic rings. The van der Waals surface area contributed by atoms with Crippen molar-refractivity contribution in [3.63, 3.8) is 0 Å². The third-order valence-electron chi connectivity index (χ3n) is 17.8. The number of hydrogen-bond donors (Lipinski definition) is 0. The molecule has 6 heteroatoms. The van der Waals surface area contributed by atoms with Gasteiger partial charge in [0.25, 0.3) is 0 Å². The van der Waals surface area contributed by atoms with E-state index in [1.54, 1.807) is 0 Å². The minimum atomic E-state index is 0.419. The number of hydrogen-bond acceptors (Lipinski definition) is 4. The Morgan fingerprint density at radius 2 is 0.706 bits per heavy atom. The molecule has 0 atom stereocenters. The Morgan fingerprint density at radius 1 is 0.318 bits per heavy atom. The van der Waals surface area contributed by atoms with E-state index in [4.69, 9.17) is 8.83 Å². The van der Waals surface area contributed by atoms with Gasteiger partial charge in [-0.2, -0.15) is 0 Å². The second-order valence-corrected chi connectivity index (χ2v) is 23.0. The van der Waals surface area contributed by atoms with Crippen LogP contribution in [0.25, 0.3) is 120 Å². The van der Waals surface area contributed by atoms with Gasteiger partial charge in [-0.25, -0.2) is 0 Å².